The first-order valence-corrected chi connectivity index (χ1v) is 10.5. The molecule has 6 heteroatoms. The van der Waals surface area contributed by atoms with E-state index in [-0.39, 0.29) is 17.7 Å². The van der Waals surface area contributed by atoms with Gasteiger partial charge in [-0.2, -0.15) is 0 Å². The predicted octanol–water partition coefficient (Wildman–Crippen LogP) is 3.35. The molecule has 0 saturated carbocycles. The van der Waals surface area contributed by atoms with Crippen LogP contribution in [0.1, 0.15) is 17.5 Å². The summed E-state index contributed by atoms with van der Waals surface area (Å²) in [4.78, 5) is 31.5. The maximum absolute atomic E-state index is 13.0. The number of benzene rings is 2. The molecule has 2 aliphatic heterocycles. The monoisotopic (exact) mass is 411 g/mol. The van der Waals surface area contributed by atoms with Crippen LogP contribution in [0.5, 0.6) is 0 Å². The minimum Gasteiger partial charge on any atom is -0.368 e. The lowest BCUT2D eigenvalue weighted by Crippen LogP contribution is -2.50. The van der Waals surface area contributed by atoms with Crippen LogP contribution in [-0.2, 0) is 16.1 Å². The van der Waals surface area contributed by atoms with E-state index in [0.29, 0.717) is 37.6 Å². The average molecular weight is 412 g/mol. The lowest BCUT2D eigenvalue weighted by atomic mass is 10.1. The quantitative estimate of drug-likeness (QED) is 0.775. The minimum absolute atomic E-state index is 0.0295. The van der Waals surface area contributed by atoms with Crippen LogP contribution in [0, 0.1) is 12.8 Å². The zero-order valence-corrected chi connectivity index (χ0v) is 17.4. The Balaban J connectivity index is 1.34. The molecule has 2 saturated heterocycles. The number of halogens is 1. The van der Waals surface area contributed by atoms with Crippen molar-refractivity contribution in [3.63, 3.8) is 0 Å². The first-order chi connectivity index (χ1) is 14.0. The summed E-state index contributed by atoms with van der Waals surface area (Å²) in [5, 5.41) is 0.655. The van der Waals surface area contributed by atoms with Crippen LogP contribution in [0.15, 0.2) is 48.5 Å². The number of anilines is 1. The van der Waals surface area contributed by atoms with Crippen LogP contribution in [0.25, 0.3) is 0 Å². The number of likely N-dealkylation sites (tertiary alicyclic amines) is 1. The Morgan fingerprint density at radius 1 is 1.03 bits per heavy atom. The van der Waals surface area contributed by atoms with Gasteiger partial charge in [0.1, 0.15) is 0 Å². The molecule has 4 rings (SSSR count). The van der Waals surface area contributed by atoms with Crippen molar-refractivity contribution in [2.24, 2.45) is 5.92 Å². The number of nitrogens with zero attached hydrogens (tertiary/aromatic N) is 3. The van der Waals surface area contributed by atoms with Crippen LogP contribution >= 0.6 is 11.6 Å². The second-order valence-corrected chi connectivity index (χ2v) is 8.27. The van der Waals surface area contributed by atoms with Crippen molar-refractivity contribution in [3.8, 4) is 0 Å². The second kappa shape index (κ2) is 8.46. The molecule has 152 valence electrons. The van der Waals surface area contributed by atoms with Crippen LogP contribution in [0.2, 0.25) is 5.02 Å². The number of rotatable bonds is 4. The van der Waals surface area contributed by atoms with Crippen molar-refractivity contribution in [2.75, 3.05) is 37.6 Å². The Bertz CT molecular complexity index is 909. The Kier molecular flexibility index (Phi) is 5.76. The number of aryl methyl sites for hydroxylation is 1. The molecule has 0 radical (unpaired) electrons. The standard InChI is InChI=1S/C23H26ClN3O2/c1-17-6-2-5-9-21(17)25-10-12-26(13-11-25)23(29)19-14-22(28)27(16-19)15-18-7-3-4-8-20(18)24/h2-9,19H,10-16H2,1H3. The van der Waals surface area contributed by atoms with Gasteiger partial charge in [-0.05, 0) is 30.2 Å². The highest BCUT2D eigenvalue weighted by atomic mass is 35.5. The zero-order chi connectivity index (χ0) is 20.4. The molecule has 0 aromatic heterocycles. The Morgan fingerprint density at radius 3 is 2.45 bits per heavy atom. The van der Waals surface area contributed by atoms with E-state index in [1.165, 1.54) is 11.3 Å². The summed E-state index contributed by atoms with van der Waals surface area (Å²) < 4.78 is 0. The van der Waals surface area contributed by atoms with Crippen LogP contribution < -0.4 is 4.90 Å². The van der Waals surface area contributed by atoms with Gasteiger partial charge in [0.2, 0.25) is 11.8 Å². The lowest BCUT2D eigenvalue weighted by Gasteiger charge is -2.37. The highest BCUT2D eigenvalue weighted by molar-refractivity contribution is 6.31. The summed E-state index contributed by atoms with van der Waals surface area (Å²) in [6.07, 6.45) is 0.293. The molecular formula is C23H26ClN3O2. The zero-order valence-electron chi connectivity index (χ0n) is 16.7. The number of hydrogen-bond donors (Lipinski definition) is 0. The molecule has 0 aliphatic carbocycles. The Hall–Kier alpha value is -2.53. The van der Waals surface area contributed by atoms with E-state index in [1.54, 1.807) is 4.90 Å². The number of hydrogen-bond acceptors (Lipinski definition) is 3. The lowest BCUT2D eigenvalue weighted by molar-refractivity contribution is -0.136. The van der Waals surface area contributed by atoms with Gasteiger partial charge >= 0.3 is 0 Å². The van der Waals surface area contributed by atoms with Gasteiger partial charge in [0.05, 0.1) is 5.92 Å². The molecule has 2 aliphatic rings. The number of carbonyl (C=O) groups excluding carboxylic acids is 2. The van der Waals surface area contributed by atoms with E-state index in [2.05, 4.69) is 30.0 Å². The molecule has 2 amide bonds. The maximum Gasteiger partial charge on any atom is 0.228 e. The first-order valence-electron chi connectivity index (χ1n) is 10.1. The van der Waals surface area contributed by atoms with E-state index < -0.39 is 0 Å². The van der Waals surface area contributed by atoms with Gasteiger partial charge in [-0.15, -0.1) is 0 Å². The van der Waals surface area contributed by atoms with Crippen molar-refractivity contribution in [1.29, 1.82) is 0 Å². The third-order valence-electron chi connectivity index (χ3n) is 5.93. The van der Waals surface area contributed by atoms with E-state index in [1.807, 2.05) is 35.2 Å². The van der Waals surface area contributed by atoms with Crippen molar-refractivity contribution in [1.82, 2.24) is 9.80 Å². The number of para-hydroxylation sites is 1. The molecule has 2 heterocycles. The van der Waals surface area contributed by atoms with Gasteiger partial charge in [0.15, 0.2) is 0 Å². The van der Waals surface area contributed by atoms with Crippen LogP contribution in [0.3, 0.4) is 0 Å². The number of piperazine rings is 1. The summed E-state index contributed by atoms with van der Waals surface area (Å²) in [6.45, 7) is 6.08. The van der Waals surface area contributed by atoms with Gasteiger partial charge in [0.25, 0.3) is 0 Å². The van der Waals surface area contributed by atoms with Crippen molar-refractivity contribution < 1.29 is 9.59 Å². The maximum atomic E-state index is 13.0. The number of amides is 2. The Morgan fingerprint density at radius 2 is 1.72 bits per heavy atom. The normalized spacial score (nSPS) is 19.7. The van der Waals surface area contributed by atoms with E-state index in [9.17, 15) is 9.59 Å². The molecule has 0 bridgehead atoms. The topological polar surface area (TPSA) is 43.9 Å². The first kappa shape index (κ1) is 19.8. The van der Waals surface area contributed by atoms with Gasteiger partial charge in [-0.1, -0.05) is 48.0 Å². The second-order valence-electron chi connectivity index (χ2n) is 7.87. The largest absolute Gasteiger partial charge is 0.368 e. The van der Waals surface area contributed by atoms with Gasteiger partial charge in [0, 0.05) is 56.4 Å². The number of carbonyl (C=O) groups is 2. The fourth-order valence-electron chi connectivity index (χ4n) is 4.27. The molecule has 1 unspecified atom stereocenters. The third kappa shape index (κ3) is 4.25. The summed E-state index contributed by atoms with van der Waals surface area (Å²) in [6, 6.07) is 15.9. The third-order valence-corrected chi connectivity index (χ3v) is 6.30. The molecule has 1 atom stereocenters. The SMILES string of the molecule is Cc1ccccc1N1CCN(C(=O)C2CC(=O)N(Cc3ccccc3Cl)C2)CC1. The highest BCUT2D eigenvalue weighted by Crippen LogP contribution is 2.26. The molecule has 29 heavy (non-hydrogen) atoms. The fraction of sp³-hybridized carbons (Fsp3) is 0.391. The fourth-order valence-corrected chi connectivity index (χ4v) is 4.46. The van der Waals surface area contributed by atoms with Crippen molar-refractivity contribution in [3.05, 3.63) is 64.7 Å². The summed E-state index contributed by atoms with van der Waals surface area (Å²) >= 11 is 6.23. The molecule has 2 aromatic carbocycles. The van der Waals surface area contributed by atoms with E-state index in [0.717, 1.165) is 18.7 Å². The molecular weight excluding hydrogens is 386 g/mol. The average Bonchev–Trinajstić information content (AvgIpc) is 3.10. The predicted molar refractivity (Wildman–Crippen MR) is 115 cm³/mol. The van der Waals surface area contributed by atoms with Crippen LogP contribution in [-0.4, -0.2) is 54.3 Å². The van der Waals surface area contributed by atoms with E-state index in [4.69, 9.17) is 11.6 Å². The molecule has 0 spiro atoms. The summed E-state index contributed by atoms with van der Waals surface area (Å²) in [7, 11) is 0. The van der Waals surface area contributed by atoms with Crippen LogP contribution in [0.4, 0.5) is 5.69 Å². The van der Waals surface area contributed by atoms with Gasteiger partial charge < -0.3 is 14.7 Å². The molecule has 5 nitrogen and oxygen atoms in total. The van der Waals surface area contributed by atoms with Gasteiger partial charge in [-0.25, -0.2) is 0 Å². The minimum atomic E-state index is -0.255. The molecule has 2 aromatic rings. The van der Waals surface area contributed by atoms with Crippen molar-refractivity contribution >= 4 is 29.1 Å². The smallest absolute Gasteiger partial charge is 0.228 e. The molecule has 0 N–H and O–H groups in total. The van der Waals surface area contributed by atoms with E-state index >= 15 is 0 Å². The summed E-state index contributed by atoms with van der Waals surface area (Å²) in [5.74, 6) is -0.124. The van der Waals surface area contributed by atoms with Gasteiger partial charge in [-0.3, -0.25) is 9.59 Å². The Labute approximate surface area is 176 Å². The highest BCUT2D eigenvalue weighted by Gasteiger charge is 2.37. The van der Waals surface area contributed by atoms with Crippen molar-refractivity contribution in [2.45, 2.75) is 19.9 Å². The summed E-state index contributed by atoms with van der Waals surface area (Å²) in [5.41, 5.74) is 3.41. The molecule has 2 fully saturated rings.